The topological polar surface area (TPSA) is 25.8 Å². The van der Waals surface area contributed by atoms with E-state index in [1.807, 2.05) is 0 Å². The zero-order valence-electron chi connectivity index (χ0n) is 6.26. The van der Waals surface area contributed by atoms with Crippen molar-refractivity contribution in [2.45, 2.75) is 0 Å². The number of fused-ring (bicyclic) bond motifs is 1. The van der Waals surface area contributed by atoms with Crippen LogP contribution in [0.15, 0.2) is 18.3 Å². The summed E-state index contributed by atoms with van der Waals surface area (Å²) in [7, 11) is 0. The molecule has 5 heteroatoms. The molecule has 0 spiro atoms. The third-order valence-electron chi connectivity index (χ3n) is 1.55. The van der Waals surface area contributed by atoms with Crippen LogP contribution in [0.1, 0.15) is 0 Å². The monoisotopic (exact) mass is 324 g/mol. The smallest absolute Gasteiger partial charge is 0.120 e. The van der Waals surface area contributed by atoms with Crippen molar-refractivity contribution in [3.8, 4) is 0 Å². The zero-order valence-corrected chi connectivity index (χ0v) is 9.93. The van der Waals surface area contributed by atoms with Crippen LogP contribution in [0.4, 0.5) is 0 Å². The van der Waals surface area contributed by atoms with Gasteiger partial charge in [-0.15, -0.1) is 0 Å². The molecule has 0 aliphatic rings. The summed E-state index contributed by atoms with van der Waals surface area (Å²) in [6, 6.07) is 3.43. The second-order valence-electron chi connectivity index (χ2n) is 2.45. The molecule has 2 aromatic rings. The van der Waals surface area contributed by atoms with Gasteiger partial charge in [0, 0.05) is 0 Å². The summed E-state index contributed by atoms with van der Waals surface area (Å²) >= 11 is 13.8. The molecule has 66 valence electrons. The van der Waals surface area contributed by atoms with E-state index < -0.39 is 0 Å². The highest BCUT2D eigenvalue weighted by atomic mass is 127. The highest BCUT2D eigenvalue weighted by Crippen LogP contribution is 2.25. The summed E-state index contributed by atoms with van der Waals surface area (Å²) in [4.78, 5) is 8.43. The van der Waals surface area contributed by atoms with E-state index in [0.717, 1.165) is 14.7 Å². The zero-order chi connectivity index (χ0) is 9.42. The molecule has 0 bridgehead atoms. The maximum atomic E-state index is 5.84. The van der Waals surface area contributed by atoms with Crippen molar-refractivity contribution in [3.05, 3.63) is 32.1 Å². The van der Waals surface area contributed by atoms with E-state index in [4.69, 9.17) is 23.2 Å². The number of rotatable bonds is 0. The van der Waals surface area contributed by atoms with Crippen LogP contribution in [-0.2, 0) is 0 Å². The van der Waals surface area contributed by atoms with Crippen LogP contribution in [0, 0.1) is 3.70 Å². The summed E-state index contributed by atoms with van der Waals surface area (Å²) in [5.41, 5.74) is 1.52. The Morgan fingerprint density at radius 1 is 1.08 bits per heavy atom. The fraction of sp³-hybridized carbons (Fsp3) is 0. The molecule has 1 aromatic carbocycles. The van der Waals surface area contributed by atoms with Crippen LogP contribution in [0.2, 0.25) is 10.0 Å². The second kappa shape index (κ2) is 3.55. The molecular weight excluding hydrogens is 322 g/mol. The quantitative estimate of drug-likeness (QED) is 0.693. The Balaban J connectivity index is 2.81. The summed E-state index contributed by atoms with van der Waals surface area (Å²) < 4.78 is 0.837. The summed E-state index contributed by atoms with van der Waals surface area (Å²) in [5.74, 6) is 0. The highest BCUT2D eigenvalue weighted by molar-refractivity contribution is 14.1. The molecule has 13 heavy (non-hydrogen) atoms. The molecule has 0 saturated heterocycles. The van der Waals surface area contributed by atoms with Crippen molar-refractivity contribution >= 4 is 56.8 Å². The molecule has 1 aromatic heterocycles. The van der Waals surface area contributed by atoms with Crippen LogP contribution < -0.4 is 0 Å². The standard InChI is InChI=1S/C8H3Cl2IN2/c9-4-1-6-7(2-5(4)10)13-8(11)3-12-6/h1-3H. The first kappa shape index (κ1) is 9.43. The van der Waals surface area contributed by atoms with Gasteiger partial charge in [-0.25, -0.2) is 4.98 Å². The lowest BCUT2D eigenvalue weighted by molar-refractivity contribution is 1.25. The third-order valence-corrected chi connectivity index (χ3v) is 2.80. The number of hydrogen-bond acceptors (Lipinski definition) is 2. The lowest BCUT2D eigenvalue weighted by Crippen LogP contribution is -1.86. The Morgan fingerprint density at radius 2 is 1.69 bits per heavy atom. The predicted octanol–water partition coefficient (Wildman–Crippen LogP) is 3.54. The summed E-state index contributed by atoms with van der Waals surface area (Å²) in [5, 5.41) is 1.01. The van der Waals surface area contributed by atoms with E-state index in [2.05, 4.69) is 32.6 Å². The van der Waals surface area contributed by atoms with Crippen molar-refractivity contribution in [3.63, 3.8) is 0 Å². The van der Waals surface area contributed by atoms with Gasteiger partial charge >= 0.3 is 0 Å². The van der Waals surface area contributed by atoms with Crippen LogP contribution in [0.25, 0.3) is 11.0 Å². The van der Waals surface area contributed by atoms with Gasteiger partial charge in [0.05, 0.1) is 27.3 Å². The molecule has 2 rings (SSSR count). The van der Waals surface area contributed by atoms with Gasteiger partial charge in [0.15, 0.2) is 0 Å². The van der Waals surface area contributed by atoms with Gasteiger partial charge in [0.2, 0.25) is 0 Å². The highest BCUT2D eigenvalue weighted by Gasteiger charge is 2.02. The summed E-state index contributed by atoms with van der Waals surface area (Å²) in [6.45, 7) is 0. The molecule has 2 nitrogen and oxygen atoms in total. The third kappa shape index (κ3) is 1.87. The Morgan fingerprint density at radius 3 is 2.38 bits per heavy atom. The Labute approximate surface area is 98.4 Å². The molecule has 1 heterocycles. The molecule has 0 amide bonds. The number of nitrogens with zero attached hydrogens (tertiary/aromatic N) is 2. The van der Waals surface area contributed by atoms with Gasteiger partial charge in [0.1, 0.15) is 3.70 Å². The molecule has 0 radical (unpaired) electrons. The number of hydrogen-bond donors (Lipinski definition) is 0. The van der Waals surface area contributed by atoms with Gasteiger partial charge in [-0.1, -0.05) is 23.2 Å². The lowest BCUT2D eigenvalue weighted by Gasteiger charge is -1.99. The molecule has 0 aliphatic heterocycles. The van der Waals surface area contributed by atoms with Crippen LogP contribution in [0.3, 0.4) is 0 Å². The first-order valence-corrected chi connectivity index (χ1v) is 5.27. The van der Waals surface area contributed by atoms with Crippen molar-refractivity contribution < 1.29 is 0 Å². The van der Waals surface area contributed by atoms with Gasteiger partial charge in [-0.05, 0) is 34.7 Å². The maximum absolute atomic E-state index is 5.84. The lowest BCUT2D eigenvalue weighted by atomic mass is 10.3. The van der Waals surface area contributed by atoms with Crippen LogP contribution in [0.5, 0.6) is 0 Å². The largest absolute Gasteiger partial charge is 0.252 e. The van der Waals surface area contributed by atoms with Gasteiger partial charge in [-0.2, -0.15) is 0 Å². The number of benzene rings is 1. The minimum atomic E-state index is 0.504. The maximum Gasteiger partial charge on any atom is 0.120 e. The normalized spacial score (nSPS) is 10.7. The number of aromatic nitrogens is 2. The average molecular weight is 325 g/mol. The van der Waals surface area contributed by atoms with Gasteiger partial charge in [-0.3, -0.25) is 4.98 Å². The molecule has 0 unspecified atom stereocenters. The van der Waals surface area contributed by atoms with Crippen molar-refractivity contribution in [2.24, 2.45) is 0 Å². The van der Waals surface area contributed by atoms with E-state index in [0.29, 0.717) is 10.0 Å². The minimum Gasteiger partial charge on any atom is -0.252 e. The molecule has 0 aliphatic carbocycles. The van der Waals surface area contributed by atoms with Gasteiger partial charge < -0.3 is 0 Å². The molecule has 0 atom stereocenters. The second-order valence-corrected chi connectivity index (χ2v) is 4.37. The van der Waals surface area contributed by atoms with Crippen molar-refractivity contribution in [2.75, 3.05) is 0 Å². The van der Waals surface area contributed by atoms with E-state index in [-0.39, 0.29) is 0 Å². The molecule has 0 fully saturated rings. The Bertz CT molecular complexity index is 473. The Kier molecular flexibility index (Phi) is 2.58. The molecule has 0 saturated carbocycles. The average Bonchev–Trinajstić information content (AvgIpc) is 2.08. The van der Waals surface area contributed by atoms with Crippen LogP contribution in [-0.4, -0.2) is 9.97 Å². The van der Waals surface area contributed by atoms with Crippen LogP contribution >= 0.6 is 45.8 Å². The fourth-order valence-corrected chi connectivity index (χ4v) is 1.70. The summed E-state index contributed by atoms with van der Waals surface area (Å²) in [6.07, 6.45) is 1.69. The fourth-order valence-electron chi connectivity index (χ4n) is 0.986. The van der Waals surface area contributed by atoms with Crippen molar-refractivity contribution in [1.29, 1.82) is 0 Å². The van der Waals surface area contributed by atoms with E-state index >= 15 is 0 Å². The van der Waals surface area contributed by atoms with E-state index in [1.54, 1.807) is 18.3 Å². The Hall–Kier alpha value is -0.130. The SMILES string of the molecule is Clc1cc2ncc(I)nc2cc1Cl. The van der Waals surface area contributed by atoms with E-state index in [1.165, 1.54) is 0 Å². The molecular formula is C8H3Cl2IN2. The number of halogens is 3. The van der Waals surface area contributed by atoms with Crippen molar-refractivity contribution in [1.82, 2.24) is 9.97 Å². The predicted molar refractivity (Wildman–Crippen MR) is 62.3 cm³/mol. The van der Waals surface area contributed by atoms with Gasteiger partial charge in [0.25, 0.3) is 0 Å². The first-order valence-electron chi connectivity index (χ1n) is 3.44. The minimum absolute atomic E-state index is 0.504. The van der Waals surface area contributed by atoms with E-state index in [9.17, 15) is 0 Å². The molecule has 0 N–H and O–H groups in total. The first-order chi connectivity index (χ1) is 6.16.